The molecule has 3 rings (SSSR count). The molecule has 1 fully saturated rings. The van der Waals surface area contributed by atoms with Crippen LogP contribution in [-0.4, -0.2) is 19.0 Å². The largest absolute Gasteiger partial charge is 0.497 e. The summed E-state index contributed by atoms with van der Waals surface area (Å²) in [5.41, 5.74) is 1.75. The first-order valence-electron chi connectivity index (χ1n) is 6.28. The Morgan fingerprint density at radius 1 is 1.39 bits per heavy atom. The van der Waals surface area contributed by atoms with E-state index >= 15 is 0 Å². The summed E-state index contributed by atoms with van der Waals surface area (Å²) in [6.45, 7) is 2.14. The maximum Gasteiger partial charge on any atom is 0.162 e. The molecule has 1 aliphatic heterocycles. The molecule has 0 amide bonds. The number of carbonyl (C=O) groups is 1. The number of benzene rings is 1. The number of Topliss-reactive ketones (excluding diaryl/α,β-unsaturated/α-hetero) is 1. The molecule has 1 aromatic carbocycles. The maximum absolute atomic E-state index is 12.0. The molecule has 1 aromatic rings. The lowest BCUT2D eigenvalue weighted by atomic mass is 9.81. The van der Waals surface area contributed by atoms with Gasteiger partial charge in [-0.25, -0.2) is 0 Å². The van der Waals surface area contributed by atoms with E-state index in [9.17, 15) is 4.79 Å². The molecule has 3 heteroatoms. The predicted octanol–water partition coefficient (Wildman–Crippen LogP) is 2.84. The Balaban J connectivity index is 2.06. The third-order valence-electron chi connectivity index (χ3n) is 3.75. The number of ether oxygens (including phenoxy) is 2. The molecule has 1 saturated carbocycles. The molecule has 3 nitrogen and oxygen atoms in total. The van der Waals surface area contributed by atoms with Gasteiger partial charge in [0, 0.05) is 17.6 Å². The summed E-state index contributed by atoms with van der Waals surface area (Å²) in [4.78, 5) is 12.0. The lowest BCUT2D eigenvalue weighted by Crippen LogP contribution is -2.37. The highest BCUT2D eigenvalue weighted by Crippen LogP contribution is 2.38. The maximum atomic E-state index is 12.0. The number of hydrogen-bond acceptors (Lipinski definition) is 3. The van der Waals surface area contributed by atoms with E-state index in [1.54, 1.807) is 7.11 Å². The summed E-state index contributed by atoms with van der Waals surface area (Å²) in [5, 5.41) is 0. The van der Waals surface area contributed by atoms with E-state index in [1.807, 2.05) is 24.3 Å². The summed E-state index contributed by atoms with van der Waals surface area (Å²) in [7, 11) is 1.63. The van der Waals surface area contributed by atoms with Crippen LogP contribution >= 0.6 is 0 Å². The fourth-order valence-electron chi connectivity index (χ4n) is 2.64. The number of ketones is 1. The predicted molar refractivity (Wildman–Crippen MR) is 68.8 cm³/mol. The van der Waals surface area contributed by atoms with Crippen molar-refractivity contribution in [2.45, 2.75) is 25.9 Å². The molecule has 0 unspecified atom stereocenters. The summed E-state index contributed by atoms with van der Waals surface area (Å²) in [6.07, 6.45) is 3.43. The van der Waals surface area contributed by atoms with Crippen molar-refractivity contribution in [2.75, 3.05) is 7.11 Å². The van der Waals surface area contributed by atoms with Crippen LogP contribution < -0.4 is 9.47 Å². The molecule has 0 spiro atoms. The SMILES string of the molecule is COc1ccc2c(c1)C=C1C(=O)CC[C@H](C)[C@H]1O2. The van der Waals surface area contributed by atoms with Crippen LogP contribution in [0.1, 0.15) is 25.3 Å². The number of hydrogen-bond donors (Lipinski definition) is 0. The molecule has 0 aromatic heterocycles. The van der Waals surface area contributed by atoms with Crippen LogP contribution in [0, 0.1) is 5.92 Å². The first-order valence-corrected chi connectivity index (χ1v) is 6.28. The van der Waals surface area contributed by atoms with Gasteiger partial charge in [0.1, 0.15) is 17.6 Å². The average Bonchev–Trinajstić information content (AvgIpc) is 2.41. The van der Waals surface area contributed by atoms with Gasteiger partial charge in [-0.3, -0.25) is 4.79 Å². The molecule has 2 aliphatic rings. The minimum absolute atomic E-state index is 0.0767. The average molecular weight is 244 g/mol. The van der Waals surface area contributed by atoms with E-state index in [0.717, 1.165) is 29.1 Å². The minimum atomic E-state index is -0.0767. The van der Waals surface area contributed by atoms with Crippen molar-refractivity contribution in [1.82, 2.24) is 0 Å². The Bertz CT molecular complexity index is 531. The van der Waals surface area contributed by atoms with Crippen molar-refractivity contribution in [1.29, 1.82) is 0 Å². The zero-order valence-corrected chi connectivity index (χ0v) is 10.6. The monoisotopic (exact) mass is 244 g/mol. The third-order valence-corrected chi connectivity index (χ3v) is 3.75. The van der Waals surface area contributed by atoms with Crippen LogP contribution in [0.4, 0.5) is 0 Å². The van der Waals surface area contributed by atoms with E-state index in [4.69, 9.17) is 9.47 Å². The molecule has 0 saturated heterocycles. The van der Waals surface area contributed by atoms with Gasteiger partial charge in [0.25, 0.3) is 0 Å². The Hall–Kier alpha value is -1.77. The van der Waals surface area contributed by atoms with Gasteiger partial charge in [0.2, 0.25) is 0 Å². The Morgan fingerprint density at radius 2 is 2.22 bits per heavy atom. The molecule has 2 atom stereocenters. The van der Waals surface area contributed by atoms with Crippen molar-refractivity contribution >= 4 is 11.9 Å². The Morgan fingerprint density at radius 3 is 3.00 bits per heavy atom. The van der Waals surface area contributed by atoms with Crippen molar-refractivity contribution < 1.29 is 14.3 Å². The van der Waals surface area contributed by atoms with Gasteiger partial charge >= 0.3 is 0 Å². The van der Waals surface area contributed by atoms with Crippen molar-refractivity contribution in [3.05, 3.63) is 29.3 Å². The highest BCUT2D eigenvalue weighted by molar-refractivity contribution is 6.02. The molecule has 94 valence electrons. The topological polar surface area (TPSA) is 35.5 Å². The minimum Gasteiger partial charge on any atom is -0.497 e. The normalized spacial score (nSPS) is 25.7. The molecular formula is C15H16O3. The second-order valence-corrected chi connectivity index (χ2v) is 4.98. The second kappa shape index (κ2) is 4.16. The van der Waals surface area contributed by atoms with E-state index in [0.29, 0.717) is 12.3 Å². The molecular weight excluding hydrogens is 228 g/mol. The zero-order chi connectivity index (χ0) is 12.7. The van der Waals surface area contributed by atoms with Crippen LogP contribution in [0.3, 0.4) is 0 Å². The molecule has 0 N–H and O–H groups in total. The van der Waals surface area contributed by atoms with Crippen LogP contribution in [0.2, 0.25) is 0 Å². The fraction of sp³-hybridized carbons (Fsp3) is 0.400. The standard InChI is InChI=1S/C15H16O3/c1-9-3-5-13(16)12-8-10-7-11(17-2)4-6-14(10)18-15(9)12/h4,6-9,15H,3,5H2,1-2H3/t9-,15+/m0/s1. The number of fused-ring (bicyclic) bond motifs is 2. The lowest BCUT2D eigenvalue weighted by Gasteiger charge is -2.34. The Labute approximate surface area is 106 Å². The van der Waals surface area contributed by atoms with Gasteiger partial charge in [0.05, 0.1) is 7.11 Å². The highest BCUT2D eigenvalue weighted by Gasteiger charge is 2.35. The summed E-state index contributed by atoms with van der Waals surface area (Å²) >= 11 is 0. The zero-order valence-electron chi connectivity index (χ0n) is 10.6. The summed E-state index contributed by atoms with van der Waals surface area (Å²) in [5.74, 6) is 2.23. The highest BCUT2D eigenvalue weighted by atomic mass is 16.5. The number of methoxy groups -OCH3 is 1. The number of rotatable bonds is 1. The van der Waals surface area contributed by atoms with E-state index < -0.39 is 0 Å². The quantitative estimate of drug-likeness (QED) is 0.762. The molecule has 18 heavy (non-hydrogen) atoms. The van der Waals surface area contributed by atoms with Gasteiger partial charge in [-0.15, -0.1) is 0 Å². The van der Waals surface area contributed by atoms with Crippen LogP contribution in [0.15, 0.2) is 23.8 Å². The van der Waals surface area contributed by atoms with Gasteiger partial charge in [-0.1, -0.05) is 6.92 Å². The molecule has 0 bridgehead atoms. The van der Waals surface area contributed by atoms with Crippen LogP contribution in [-0.2, 0) is 4.79 Å². The van der Waals surface area contributed by atoms with Gasteiger partial charge in [-0.2, -0.15) is 0 Å². The van der Waals surface area contributed by atoms with Gasteiger partial charge in [0.15, 0.2) is 5.78 Å². The van der Waals surface area contributed by atoms with E-state index in [2.05, 4.69) is 6.92 Å². The van der Waals surface area contributed by atoms with E-state index in [1.165, 1.54) is 0 Å². The van der Waals surface area contributed by atoms with Gasteiger partial charge in [-0.05, 0) is 36.6 Å². The number of carbonyl (C=O) groups excluding carboxylic acids is 1. The third kappa shape index (κ3) is 1.70. The van der Waals surface area contributed by atoms with Gasteiger partial charge < -0.3 is 9.47 Å². The first kappa shape index (κ1) is 11.3. The first-order chi connectivity index (χ1) is 8.69. The Kier molecular flexibility index (Phi) is 2.62. The molecule has 1 heterocycles. The molecule has 0 radical (unpaired) electrons. The lowest BCUT2D eigenvalue weighted by molar-refractivity contribution is -0.118. The second-order valence-electron chi connectivity index (χ2n) is 4.98. The van der Waals surface area contributed by atoms with Crippen molar-refractivity contribution in [3.63, 3.8) is 0 Å². The van der Waals surface area contributed by atoms with Crippen LogP contribution in [0.5, 0.6) is 11.5 Å². The van der Waals surface area contributed by atoms with Crippen LogP contribution in [0.25, 0.3) is 6.08 Å². The smallest absolute Gasteiger partial charge is 0.162 e. The molecule has 1 aliphatic carbocycles. The van der Waals surface area contributed by atoms with Crippen molar-refractivity contribution in [3.8, 4) is 11.5 Å². The van der Waals surface area contributed by atoms with E-state index in [-0.39, 0.29) is 11.9 Å². The summed E-state index contributed by atoms with van der Waals surface area (Å²) < 4.78 is 11.2. The van der Waals surface area contributed by atoms with Crippen molar-refractivity contribution in [2.24, 2.45) is 5.92 Å². The fourth-order valence-corrected chi connectivity index (χ4v) is 2.64. The summed E-state index contributed by atoms with van der Waals surface area (Å²) in [6, 6.07) is 5.70.